The topological polar surface area (TPSA) is 73.4 Å². The van der Waals surface area contributed by atoms with Gasteiger partial charge in [-0.25, -0.2) is 4.98 Å². The van der Waals surface area contributed by atoms with Gasteiger partial charge in [-0.2, -0.15) is 5.10 Å². The number of carbonyl (C=O) groups excluding carboxylic acids is 1. The minimum absolute atomic E-state index is 0.0330. The van der Waals surface area contributed by atoms with E-state index in [1.807, 2.05) is 22.6 Å². The van der Waals surface area contributed by atoms with Gasteiger partial charge in [-0.05, 0) is 38.2 Å². The number of nitrogens with zero attached hydrogens (tertiary/aromatic N) is 4. The van der Waals surface area contributed by atoms with E-state index in [-0.39, 0.29) is 5.91 Å². The SMILES string of the molecule is CCn1nc(CC(C)C)cc1C(=O)N1CCc2oc(C3CCOCC3)nc2C1. The van der Waals surface area contributed by atoms with Gasteiger partial charge < -0.3 is 14.1 Å². The van der Waals surface area contributed by atoms with Gasteiger partial charge in [-0.3, -0.25) is 9.48 Å². The van der Waals surface area contributed by atoms with Crippen molar-refractivity contribution in [3.05, 3.63) is 34.8 Å². The van der Waals surface area contributed by atoms with Crippen molar-refractivity contribution < 1.29 is 13.9 Å². The molecule has 0 aliphatic carbocycles. The third kappa shape index (κ3) is 3.85. The molecule has 2 aromatic heterocycles. The number of oxazole rings is 1. The second-order valence-corrected chi connectivity index (χ2v) is 8.22. The van der Waals surface area contributed by atoms with Crippen LogP contribution >= 0.6 is 0 Å². The van der Waals surface area contributed by atoms with E-state index in [0.717, 1.165) is 61.9 Å². The lowest BCUT2D eigenvalue weighted by molar-refractivity contribution is 0.0713. The van der Waals surface area contributed by atoms with Gasteiger partial charge in [0.25, 0.3) is 5.91 Å². The molecule has 152 valence electrons. The molecule has 2 aliphatic rings. The number of carbonyl (C=O) groups is 1. The normalized spacial score (nSPS) is 17.9. The standard InChI is InChI=1S/C21H30N4O3/c1-4-25-18(12-16(23-25)11-14(2)3)21(26)24-8-5-19-17(13-24)22-20(28-19)15-6-9-27-10-7-15/h12,14-15H,4-11,13H2,1-3H3. The van der Waals surface area contributed by atoms with Crippen LogP contribution < -0.4 is 0 Å². The predicted molar refractivity (Wildman–Crippen MR) is 104 cm³/mol. The molecule has 4 rings (SSSR count). The van der Waals surface area contributed by atoms with Crippen molar-refractivity contribution in [1.29, 1.82) is 0 Å². The summed E-state index contributed by atoms with van der Waals surface area (Å²) in [5, 5.41) is 4.62. The van der Waals surface area contributed by atoms with Gasteiger partial charge in [0.1, 0.15) is 17.1 Å². The largest absolute Gasteiger partial charge is 0.445 e. The van der Waals surface area contributed by atoms with Gasteiger partial charge in [0.2, 0.25) is 0 Å². The van der Waals surface area contributed by atoms with Crippen molar-refractivity contribution in [1.82, 2.24) is 19.7 Å². The van der Waals surface area contributed by atoms with E-state index in [1.165, 1.54) is 0 Å². The molecule has 0 saturated carbocycles. The monoisotopic (exact) mass is 386 g/mol. The molecule has 1 amide bonds. The first kappa shape index (κ1) is 19.2. The highest BCUT2D eigenvalue weighted by molar-refractivity contribution is 5.92. The molecule has 0 unspecified atom stereocenters. The van der Waals surface area contributed by atoms with Crippen molar-refractivity contribution in [2.45, 2.75) is 65.5 Å². The molecule has 4 heterocycles. The van der Waals surface area contributed by atoms with E-state index in [1.54, 1.807) is 0 Å². The van der Waals surface area contributed by atoms with Gasteiger partial charge in [-0.1, -0.05) is 13.8 Å². The zero-order chi connectivity index (χ0) is 19.7. The predicted octanol–water partition coefficient (Wildman–Crippen LogP) is 3.18. The van der Waals surface area contributed by atoms with Crippen molar-refractivity contribution in [3.63, 3.8) is 0 Å². The zero-order valence-corrected chi connectivity index (χ0v) is 17.1. The van der Waals surface area contributed by atoms with Gasteiger partial charge in [0, 0.05) is 38.6 Å². The van der Waals surface area contributed by atoms with Crippen LogP contribution in [-0.2, 0) is 30.7 Å². The molecule has 0 atom stereocenters. The fourth-order valence-corrected chi connectivity index (χ4v) is 4.07. The van der Waals surface area contributed by atoms with Crippen LogP contribution in [-0.4, -0.2) is 45.3 Å². The molecule has 1 saturated heterocycles. The molecule has 0 bridgehead atoms. The van der Waals surface area contributed by atoms with E-state index < -0.39 is 0 Å². The average Bonchev–Trinajstić information content (AvgIpc) is 3.30. The Bertz CT molecular complexity index is 833. The molecular formula is C21H30N4O3. The van der Waals surface area contributed by atoms with Crippen LogP contribution in [0.2, 0.25) is 0 Å². The molecule has 7 nitrogen and oxygen atoms in total. The third-order valence-electron chi connectivity index (χ3n) is 5.57. The highest BCUT2D eigenvalue weighted by Crippen LogP contribution is 2.30. The van der Waals surface area contributed by atoms with Crippen molar-refractivity contribution in [3.8, 4) is 0 Å². The van der Waals surface area contributed by atoms with Crippen molar-refractivity contribution >= 4 is 5.91 Å². The maximum Gasteiger partial charge on any atom is 0.272 e. The van der Waals surface area contributed by atoms with Gasteiger partial charge in [-0.15, -0.1) is 0 Å². The Hall–Kier alpha value is -2.15. The fraction of sp³-hybridized carbons (Fsp3) is 0.667. The molecule has 0 N–H and O–H groups in total. The first-order valence-electron chi connectivity index (χ1n) is 10.5. The fourth-order valence-electron chi connectivity index (χ4n) is 4.07. The zero-order valence-electron chi connectivity index (χ0n) is 17.1. The second kappa shape index (κ2) is 8.07. The van der Waals surface area contributed by atoms with Crippen LogP contribution in [0.25, 0.3) is 0 Å². The number of aryl methyl sites for hydroxylation is 1. The third-order valence-corrected chi connectivity index (χ3v) is 5.57. The first-order valence-corrected chi connectivity index (χ1v) is 10.5. The van der Waals surface area contributed by atoms with Gasteiger partial charge in [0.15, 0.2) is 5.89 Å². The lowest BCUT2D eigenvalue weighted by Gasteiger charge is -2.25. The maximum absolute atomic E-state index is 13.2. The Labute approximate surface area is 166 Å². The molecule has 0 aromatic carbocycles. The summed E-state index contributed by atoms with van der Waals surface area (Å²) in [4.78, 5) is 19.8. The summed E-state index contributed by atoms with van der Waals surface area (Å²) in [6.45, 7) is 9.74. The van der Waals surface area contributed by atoms with Gasteiger partial charge in [0.05, 0.1) is 12.2 Å². The minimum atomic E-state index is 0.0330. The summed E-state index contributed by atoms with van der Waals surface area (Å²) in [6, 6.07) is 1.96. The summed E-state index contributed by atoms with van der Waals surface area (Å²) < 4.78 is 13.3. The number of hydrogen-bond acceptors (Lipinski definition) is 5. The van der Waals surface area contributed by atoms with Crippen molar-refractivity contribution in [2.24, 2.45) is 5.92 Å². The number of rotatable bonds is 5. The smallest absolute Gasteiger partial charge is 0.272 e. The molecule has 28 heavy (non-hydrogen) atoms. The first-order chi connectivity index (χ1) is 13.5. The summed E-state index contributed by atoms with van der Waals surface area (Å²) in [5.74, 6) is 2.64. The van der Waals surface area contributed by atoms with E-state index in [9.17, 15) is 4.79 Å². The number of amides is 1. The number of ether oxygens (including phenoxy) is 1. The molecule has 2 aliphatic heterocycles. The molecular weight excluding hydrogens is 356 g/mol. The minimum Gasteiger partial charge on any atom is -0.445 e. The van der Waals surface area contributed by atoms with Crippen LogP contribution in [0.4, 0.5) is 0 Å². The van der Waals surface area contributed by atoms with Crippen molar-refractivity contribution in [2.75, 3.05) is 19.8 Å². The highest BCUT2D eigenvalue weighted by Gasteiger charge is 2.30. The van der Waals surface area contributed by atoms with E-state index in [2.05, 4.69) is 18.9 Å². The Kier molecular flexibility index (Phi) is 5.53. The van der Waals surface area contributed by atoms with Crippen LogP contribution in [0.15, 0.2) is 10.5 Å². The second-order valence-electron chi connectivity index (χ2n) is 8.22. The quantitative estimate of drug-likeness (QED) is 0.789. The summed E-state index contributed by atoms with van der Waals surface area (Å²) in [6.07, 6.45) is 3.51. The van der Waals surface area contributed by atoms with E-state index >= 15 is 0 Å². The van der Waals surface area contributed by atoms with Crippen LogP contribution in [0.3, 0.4) is 0 Å². The number of hydrogen-bond donors (Lipinski definition) is 0. The molecule has 0 radical (unpaired) electrons. The Morgan fingerprint density at radius 3 is 2.82 bits per heavy atom. The van der Waals surface area contributed by atoms with Gasteiger partial charge >= 0.3 is 0 Å². The van der Waals surface area contributed by atoms with Crippen LogP contribution in [0, 0.1) is 5.92 Å². The Morgan fingerprint density at radius 2 is 2.11 bits per heavy atom. The maximum atomic E-state index is 13.2. The summed E-state index contributed by atoms with van der Waals surface area (Å²) >= 11 is 0. The lowest BCUT2D eigenvalue weighted by atomic mass is 10.0. The molecule has 2 aromatic rings. The Morgan fingerprint density at radius 1 is 1.32 bits per heavy atom. The summed E-state index contributed by atoms with van der Waals surface area (Å²) in [7, 11) is 0. The van der Waals surface area contributed by atoms with Crippen LogP contribution in [0.5, 0.6) is 0 Å². The highest BCUT2D eigenvalue weighted by atomic mass is 16.5. The molecule has 7 heteroatoms. The molecule has 1 fully saturated rings. The lowest BCUT2D eigenvalue weighted by Crippen LogP contribution is -2.37. The molecule has 0 spiro atoms. The van der Waals surface area contributed by atoms with E-state index in [4.69, 9.17) is 14.1 Å². The van der Waals surface area contributed by atoms with Crippen LogP contribution in [0.1, 0.15) is 73.1 Å². The Balaban J connectivity index is 1.50. The number of aromatic nitrogens is 3. The average molecular weight is 386 g/mol. The van der Waals surface area contributed by atoms with E-state index in [0.29, 0.717) is 37.2 Å². The number of fused-ring (bicyclic) bond motifs is 1. The summed E-state index contributed by atoms with van der Waals surface area (Å²) in [5.41, 5.74) is 2.57.